The minimum absolute atomic E-state index is 0.444. The summed E-state index contributed by atoms with van der Waals surface area (Å²) in [6.45, 7) is 5.14. The summed E-state index contributed by atoms with van der Waals surface area (Å²) in [6.07, 6.45) is 5.79. The SMILES string of the molecule is c1ccc(COCC2CN(Cc3cccs3)Cc3nccn3C2)nc1. The number of hydrogen-bond acceptors (Lipinski definition) is 5. The minimum atomic E-state index is 0.444. The molecule has 0 bridgehead atoms. The molecule has 0 saturated heterocycles. The molecule has 1 aliphatic heterocycles. The van der Waals surface area contributed by atoms with Crippen LogP contribution in [0.25, 0.3) is 0 Å². The highest BCUT2D eigenvalue weighted by Crippen LogP contribution is 2.20. The molecule has 130 valence electrons. The van der Waals surface area contributed by atoms with Crippen LogP contribution in [-0.4, -0.2) is 32.6 Å². The summed E-state index contributed by atoms with van der Waals surface area (Å²) in [5.41, 5.74) is 0.981. The summed E-state index contributed by atoms with van der Waals surface area (Å²) in [5.74, 6) is 1.59. The normalized spacial score (nSPS) is 18.0. The zero-order valence-electron chi connectivity index (χ0n) is 14.1. The van der Waals surface area contributed by atoms with Crippen molar-refractivity contribution in [3.63, 3.8) is 0 Å². The van der Waals surface area contributed by atoms with Crippen LogP contribution >= 0.6 is 11.3 Å². The van der Waals surface area contributed by atoms with Crippen LogP contribution in [0.1, 0.15) is 16.4 Å². The van der Waals surface area contributed by atoms with Crippen LogP contribution in [0.4, 0.5) is 0 Å². The van der Waals surface area contributed by atoms with E-state index in [9.17, 15) is 0 Å². The van der Waals surface area contributed by atoms with Crippen molar-refractivity contribution in [3.8, 4) is 0 Å². The van der Waals surface area contributed by atoms with Crippen molar-refractivity contribution in [1.29, 1.82) is 0 Å². The minimum Gasteiger partial charge on any atom is -0.375 e. The molecule has 0 fully saturated rings. The molecule has 0 aromatic carbocycles. The van der Waals surface area contributed by atoms with Crippen LogP contribution in [0.5, 0.6) is 0 Å². The lowest BCUT2D eigenvalue weighted by Crippen LogP contribution is -2.29. The first-order valence-electron chi connectivity index (χ1n) is 8.59. The lowest BCUT2D eigenvalue weighted by atomic mass is 10.1. The number of thiophene rings is 1. The van der Waals surface area contributed by atoms with Crippen LogP contribution in [0.3, 0.4) is 0 Å². The third-order valence-corrected chi connectivity index (χ3v) is 5.29. The highest BCUT2D eigenvalue weighted by Gasteiger charge is 2.23. The van der Waals surface area contributed by atoms with Crippen LogP contribution in [0.2, 0.25) is 0 Å². The van der Waals surface area contributed by atoms with Gasteiger partial charge in [-0.25, -0.2) is 4.98 Å². The van der Waals surface area contributed by atoms with Gasteiger partial charge in [-0.3, -0.25) is 9.88 Å². The Morgan fingerprint density at radius 2 is 2.12 bits per heavy atom. The number of aromatic nitrogens is 3. The highest BCUT2D eigenvalue weighted by atomic mass is 32.1. The van der Waals surface area contributed by atoms with E-state index in [4.69, 9.17) is 4.74 Å². The fraction of sp³-hybridized carbons (Fsp3) is 0.368. The van der Waals surface area contributed by atoms with E-state index in [0.717, 1.165) is 44.3 Å². The molecule has 1 unspecified atom stereocenters. The molecule has 0 aliphatic carbocycles. The molecule has 0 N–H and O–H groups in total. The van der Waals surface area contributed by atoms with Gasteiger partial charge in [-0.2, -0.15) is 0 Å². The number of nitrogens with zero attached hydrogens (tertiary/aromatic N) is 4. The predicted octanol–water partition coefficient (Wildman–Crippen LogP) is 3.19. The van der Waals surface area contributed by atoms with Crippen LogP contribution in [0, 0.1) is 5.92 Å². The van der Waals surface area contributed by atoms with E-state index in [0.29, 0.717) is 12.5 Å². The summed E-state index contributed by atoms with van der Waals surface area (Å²) < 4.78 is 8.24. The molecule has 1 aliphatic rings. The van der Waals surface area contributed by atoms with Gasteiger partial charge in [0.25, 0.3) is 0 Å². The van der Waals surface area contributed by atoms with Crippen LogP contribution < -0.4 is 0 Å². The van der Waals surface area contributed by atoms with Crippen LogP contribution in [-0.2, 0) is 31.0 Å². The van der Waals surface area contributed by atoms with E-state index < -0.39 is 0 Å². The second-order valence-corrected chi connectivity index (χ2v) is 7.48. The molecule has 3 aromatic rings. The third kappa shape index (κ3) is 4.34. The average molecular weight is 354 g/mol. The second kappa shape index (κ2) is 7.91. The Balaban J connectivity index is 1.40. The van der Waals surface area contributed by atoms with Gasteiger partial charge in [-0.05, 0) is 23.6 Å². The Morgan fingerprint density at radius 1 is 1.12 bits per heavy atom. The number of ether oxygens (including phenoxy) is 1. The van der Waals surface area contributed by atoms with Crippen molar-refractivity contribution in [2.45, 2.75) is 26.2 Å². The third-order valence-electron chi connectivity index (χ3n) is 4.43. The summed E-state index contributed by atoms with van der Waals surface area (Å²) in [6, 6.07) is 10.3. The molecule has 4 rings (SSSR count). The first-order chi connectivity index (χ1) is 12.4. The number of fused-ring (bicyclic) bond motifs is 1. The van der Waals surface area contributed by atoms with E-state index in [1.807, 2.05) is 41.9 Å². The van der Waals surface area contributed by atoms with E-state index in [-0.39, 0.29) is 0 Å². The van der Waals surface area contributed by atoms with Gasteiger partial charge in [0.1, 0.15) is 5.82 Å². The van der Waals surface area contributed by atoms with Gasteiger partial charge in [-0.1, -0.05) is 12.1 Å². The van der Waals surface area contributed by atoms with Crippen molar-refractivity contribution in [3.05, 3.63) is 70.7 Å². The molecular formula is C19H22N4OS. The highest BCUT2D eigenvalue weighted by molar-refractivity contribution is 7.09. The van der Waals surface area contributed by atoms with Gasteiger partial charge in [0, 0.05) is 49.0 Å². The second-order valence-electron chi connectivity index (χ2n) is 6.45. The lowest BCUT2D eigenvalue weighted by Gasteiger charge is -2.23. The largest absolute Gasteiger partial charge is 0.375 e. The van der Waals surface area contributed by atoms with Crippen molar-refractivity contribution in [2.75, 3.05) is 13.2 Å². The summed E-state index contributed by atoms with van der Waals surface area (Å²) in [5, 5.41) is 2.14. The first kappa shape index (κ1) is 16.4. The maximum Gasteiger partial charge on any atom is 0.122 e. The molecule has 0 radical (unpaired) electrons. The van der Waals surface area contributed by atoms with Gasteiger partial charge < -0.3 is 9.30 Å². The van der Waals surface area contributed by atoms with E-state index in [1.54, 1.807) is 0 Å². The Kier molecular flexibility index (Phi) is 5.20. The lowest BCUT2D eigenvalue weighted by molar-refractivity contribution is 0.0650. The Hall–Kier alpha value is -2.02. The predicted molar refractivity (Wildman–Crippen MR) is 98.0 cm³/mol. The zero-order chi connectivity index (χ0) is 16.9. The summed E-state index contributed by atoms with van der Waals surface area (Å²) in [4.78, 5) is 12.7. The van der Waals surface area contributed by atoms with E-state index >= 15 is 0 Å². The summed E-state index contributed by atoms with van der Waals surface area (Å²) >= 11 is 1.81. The van der Waals surface area contributed by atoms with Crippen molar-refractivity contribution >= 4 is 11.3 Å². The fourth-order valence-corrected chi connectivity index (χ4v) is 4.03. The van der Waals surface area contributed by atoms with Gasteiger partial charge in [0.15, 0.2) is 0 Å². The van der Waals surface area contributed by atoms with E-state index in [2.05, 4.69) is 43.1 Å². The number of rotatable bonds is 6. The number of pyridine rings is 1. The molecule has 4 heterocycles. The molecular weight excluding hydrogens is 332 g/mol. The molecule has 6 heteroatoms. The maximum absolute atomic E-state index is 5.97. The number of imidazole rings is 1. The van der Waals surface area contributed by atoms with Crippen LogP contribution in [0.15, 0.2) is 54.3 Å². The molecule has 1 atom stereocenters. The van der Waals surface area contributed by atoms with E-state index in [1.165, 1.54) is 4.88 Å². The molecule has 0 amide bonds. The van der Waals surface area contributed by atoms with Crippen molar-refractivity contribution in [1.82, 2.24) is 19.4 Å². The van der Waals surface area contributed by atoms with Gasteiger partial charge >= 0.3 is 0 Å². The average Bonchev–Trinajstić information content (AvgIpc) is 3.25. The maximum atomic E-state index is 5.97. The molecule has 25 heavy (non-hydrogen) atoms. The Bertz CT molecular complexity index is 772. The van der Waals surface area contributed by atoms with Gasteiger partial charge in [-0.15, -0.1) is 11.3 Å². The molecule has 0 saturated carbocycles. The topological polar surface area (TPSA) is 43.2 Å². The quantitative estimate of drug-likeness (QED) is 0.682. The Morgan fingerprint density at radius 3 is 2.96 bits per heavy atom. The number of hydrogen-bond donors (Lipinski definition) is 0. The Labute approximate surface area is 151 Å². The van der Waals surface area contributed by atoms with Crippen molar-refractivity contribution < 1.29 is 4.74 Å². The molecule has 0 spiro atoms. The van der Waals surface area contributed by atoms with Gasteiger partial charge in [0.2, 0.25) is 0 Å². The monoisotopic (exact) mass is 354 g/mol. The molecule has 3 aromatic heterocycles. The standard InChI is InChI=1S/C19H22N4OS/c1-2-6-20-17(4-1)15-24-14-16-10-22(12-18-5-3-9-25-18)13-19-21-7-8-23(19)11-16/h1-9,16H,10-15H2. The van der Waals surface area contributed by atoms with Gasteiger partial charge in [0.05, 0.1) is 25.5 Å². The fourth-order valence-electron chi connectivity index (χ4n) is 3.29. The summed E-state index contributed by atoms with van der Waals surface area (Å²) in [7, 11) is 0. The van der Waals surface area contributed by atoms with Crippen molar-refractivity contribution in [2.24, 2.45) is 5.92 Å². The smallest absolute Gasteiger partial charge is 0.122 e. The zero-order valence-corrected chi connectivity index (χ0v) is 14.9. The molecule has 5 nitrogen and oxygen atoms in total. The first-order valence-corrected chi connectivity index (χ1v) is 9.47.